The highest BCUT2D eigenvalue weighted by Gasteiger charge is 2.14. The number of ether oxygens (including phenoxy) is 1. The smallest absolute Gasteiger partial charge is 0.310 e. The number of benzene rings is 1. The molecule has 1 aromatic rings. The van der Waals surface area contributed by atoms with Crippen molar-refractivity contribution < 1.29 is 9.53 Å². The van der Waals surface area contributed by atoms with Crippen LogP contribution in [0.3, 0.4) is 0 Å². The van der Waals surface area contributed by atoms with Crippen molar-refractivity contribution in [3.8, 4) is 0 Å². The van der Waals surface area contributed by atoms with Crippen LogP contribution < -0.4 is 5.32 Å². The second-order valence-electron chi connectivity index (χ2n) is 5.17. The van der Waals surface area contributed by atoms with E-state index >= 15 is 0 Å². The van der Waals surface area contributed by atoms with Crippen LogP contribution in [0.15, 0.2) is 30.3 Å². The molecular formula is C16H25NO2. The molecule has 0 spiro atoms. The van der Waals surface area contributed by atoms with Crippen LogP contribution in [0.4, 0.5) is 0 Å². The summed E-state index contributed by atoms with van der Waals surface area (Å²) in [6.07, 6.45) is 1.15. The molecule has 0 radical (unpaired) electrons. The van der Waals surface area contributed by atoms with Crippen LogP contribution in [0, 0.1) is 11.8 Å². The third-order valence-corrected chi connectivity index (χ3v) is 3.27. The predicted octanol–water partition coefficient (Wildman–Crippen LogP) is 3.00. The lowest BCUT2D eigenvalue weighted by molar-refractivity contribution is -0.149. The summed E-state index contributed by atoms with van der Waals surface area (Å²) in [5.41, 5.74) is 1.02. The Morgan fingerprint density at radius 2 is 1.89 bits per heavy atom. The standard InChI is InChI=1S/C16H25NO2/c1-4-13(2)10-17-11-14(3)16(18)19-12-15-8-6-5-7-9-15/h5-9,13-14,17H,4,10-12H2,1-3H3. The monoisotopic (exact) mass is 263 g/mol. The van der Waals surface area contributed by atoms with E-state index in [9.17, 15) is 4.79 Å². The zero-order valence-corrected chi connectivity index (χ0v) is 12.2. The molecule has 106 valence electrons. The van der Waals surface area contributed by atoms with Gasteiger partial charge in [0.25, 0.3) is 0 Å². The molecule has 1 rings (SSSR count). The Bertz CT molecular complexity index is 364. The molecule has 0 aliphatic heterocycles. The molecule has 1 aromatic carbocycles. The first-order valence-corrected chi connectivity index (χ1v) is 7.04. The second kappa shape index (κ2) is 8.70. The highest BCUT2D eigenvalue weighted by Crippen LogP contribution is 2.05. The molecule has 0 bridgehead atoms. The second-order valence-corrected chi connectivity index (χ2v) is 5.17. The Labute approximate surface area is 116 Å². The van der Waals surface area contributed by atoms with Gasteiger partial charge in [-0.3, -0.25) is 4.79 Å². The van der Waals surface area contributed by atoms with Crippen molar-refractivity contribution in [1.82, 2.24) is 5.32 Å². The maximum atomic E-state index is 11.8. The fourth-order valence-electron chi connectivity index (χ4n) is 1.64. The fourth-order valence-corrected chi connectivity index (χ4v) is 1.64. The summed E-state index contributed by atoms with van der Waals surface area (Å²) in [6.45, 7) is 8.26. The molecule has 2 atom stereocenters. The van der Waals surface area contributed by atoms with Gasteiger partial charge in [0, 0.05) is 6.54 Å². The average molecular weight is 263 g/mol. The van der Waals surface area contributed by atoms with Gasteiger partial charge in [-0.2, -0.15) is 0 Å². The Morgan fingerprint density at radius 1 is 1.21 bits per heavy atom. The third kappa shape index (κ3) is 6.39. The van der Waals surface area contributed by atoms with Crippen LogP contribution >= 0.6 is 0 Å². The quantitative estimate of drug-likeness (QED) is 0.733. The summed E-state index contributed by atoms with van der Waals surface area (Å²) >= 11 is 0. The van der Waals surface area contributed by atoms with Crippen LogP contribution in [-0.2, 0) is 16.1 Å². The molecule has 1 N–H and O–H groups in total. The Balaban J connectivity index is 2.21. The summed E-state index contributed by atoms with van der Waals surface area (Å²) < 4.78 is 5.29. The first-order valence-electron chi connectivity index (χ1n) is 7.04. The minimum absolute atomic E-state index is 0.104. The molecule has 0 amide bonds. The summed E-state index contributed by atoms with van der Waals surface area (Å²) in [7, 11) is 0. The number of hydrogen-bond donors (Lipinski definition) is 1. The van der Waals surface area contributed by atoms with Gasteiger partial charge >= 0.3 is 5.97 Å². The topological polar surface area (TPSA) is 38.3 Å². The van der Waals surface area contributed by atoms with Crippen LogP contribution in [0.1, 0.15) is 32.8 Å². The number of carbonyl (C=O) groups is 1. The minimum Gasteiger partial charge on any atom is -0.461 e. The lowest BCUT2D eigenvalue weighted by Crippen LogP contribution is -2.30. The lowest BCUT2D eigenvalue weighted by atomic mass is 10.1. The number of carbonyl (C=O) groups excluding carboxylic acids is 1. The first kappa shape index (κ1) is 15.7. The Morgan fingerprint density at radius 3 is 2.53 bits per heavy atom. The summed E-state index contributed by atoms with van der Waals surface area (Å²) in [4.78, 5) is 11.8. The van der Waals surface area contributed by atoms with Crippen molar-refractivity contribution in [1.29, 1.82) is 0 Å². The molecule has 19 heavy (non-hydrogen) atoms. The van der Waals surface area contributed by atoms with E-state index < -0.39 is 0 Å². The van der Waals surface area contributed by atoms with Crippen LogP contribution in [-0.4, -0.2) is 19.1 Å². The number of hydrogen-bond acceptors (Lipinski definition) is 3. The molecule has 0 aromatic heterocycles. The van der Waals surface area contributed by atoms with E-state index in [0.29, 0.717) is 19.1 Å². The van der Waals surface area contributed by atoms with E-state index in [1.54, 1.807) is 0 Å². The molecule has 0 heterocycles. The van der Waals surface area contributed by atoms with Gasteiger partial charge < -0.3 is 10.1 Å². The molecular weight excluding hydrogens is 238 g/mol. The fraction of sp³-hybridized carbons (Fsp3) is 0.562. The molecule has 3 heteroatoms. The minimum atomic E-state index is -0.138. The molecule has 3 nitrogen and oxygen atoms in total. The van der Waals surface area contributed by atoms with Gasteiger partial charge in [-0.05, 0) is 18.0 Å². The van der Waals surface area contributed by atoms with E-state index in [-0.39, 0.29) is 11.9 Å². The van der Waals surface area contributed by atoms with Crippen LogP contribution in [0.25, 0.3) is 0 Å². The van der Waals surface area contributed by atoms with Crippen LogP contribution in [0.5, 0.6) is 0 Å². The van der Waals surface area contributed by atoms with Gasteiger partial charge in [-0.25, -0.2) is 0 Å². The van der Waals surface area contributed by atoms with Gasteiger partial charge in [0.2, 0.25) is 0 Å². The van der Waals surface area contributed by atoms with Crippen molar-refractivity contribution >= 4 is 5.97 Å². The van der Waals surface area contributed by atoms with Gasteiger partial charge in [0.15, 0.2) is 0 Å². The zero-order chi connectivity index (χ0) is 14.1. The molecule has 0 saturated carbocycles. The van der Waals surface area contributed by atoms with Gasteiger partial charge in [-0.1, -0.05) is 57.5 Å². The zero-order valence-electron chi connectivity index (χ0n) is 12.2. The summed E-state index contributed by atoms with van der Waals surface area (Å²) in [5.74, 6) is 0.404. The van der Waals surface area contributed by atoms with Gasteiger partial charge in [0.05, 0.1) is 5.92 Å². The third-order valence-electron chi connectivity index (χ3n) is 3.27. The number of esters is 1. The van der Waals surface area contributed by atoms with Crippen LogP contribution in [0.2, 0.25) is 0 Å². The van der Waals surface area contributed by atoms with E-state index in [0.717, 1.165) is 18.5 Å². The maximum absolute atomic E-state index is 11.8. The van der Waals surface area contributed by atoms with E-state index in [4.69, 9.17) is 4.74 Å². The highest BCUT2D eigenvalue weighted by molar-refractivity contribution is 5.72. The summed E-state index contributed by atoms with van der Waals surface area (Å²) in [6, 6.07) is 9.76. The molecule has 0 saturated heterocycles. The number of rotatable bonds is 8. The van der Waals surface area contributed by atoms with E-state index in [1.165, 1.54) is 0 Å². The maximum Gasteiger partial charge on any atom is 0.310 e. The normalized spacial score (nSPS) is 13.8. The van der Waals surface area contributed by atoms with Crippen molar-refractivity contribution in [3.05, 3.63) is 35.9 Å². The Hall–Kier alpha value is -1.35. The van der Waals surface area contributed by atoms with Crippen molar-refractivity contribution in [2.24, 2.45) is 11.8 Å². The largest absolute Gasteiger partial charge is 0.461 e. The van der Waals surface area contributed by atoms with Gasteiger partial charge in [-0.15, -0.1) is 0 Å². The van der Waals surface area contributed by atoms with Gasteiger partial charge in [0.1, 0.15) is 6.61 Å². The molecule has 0 aliphatic carbocycles. The van der Waals surface area contributed by atoms with Crippen molar-refractivity contribution in [2.75, 3.05) is 13.1 Å². The Kier molecular flexibility index (Phi) is 7.19. The molecule has 0 fully saturated rings. The predicted molar refractivity (Wildman–Crippen MR) is 77.7 cm³/mol. The van der Waals surface area contributed by atoms with E-state index in [1.807, 2.05) is 37.3 Å². The summed E-state index contributed by atoms with van der Waals surface area (Å²) in [5, 5.41) is 3.31. The van der Waals surface area contributed by atoms with Crippen molar-refractivity contribution in [3.63, 3.8) is 0 Å². The van der Waals surface area contributed by atoms with Crippen molar-refractivity contribution in [2.45, 2.75) is 33.8 Å². The average Bonchev–Trinajstić information content (AvgIpc) is 2.45. The molecule has 2 unspecified atom stereocenters. The first-order chi connectivity index (χ1) is 9.13. The number of nitrogens with one attached hydrogen (secondary N) is 1. The SMILES string of the molecule is CCC(C)CNCC(C)C(=O)OCc1ccccc1. The molecule has 0 aliphatic rings. The highest BCUT2D eigenvalue weighted by atomic mass is 16.5. The lowest BCUT2D eigenvalue weighted by Gasteiger charge is -2.14. The van der Waals surface area contributed by atoms with E-state index in [2.05, 4.69) is 19.2 Å².